The van der Waals surface area contributed by atoms with Crippen molar-refractivity contribution in [2.75, 3.05) is 25.5 Å². The molecule has 0 amide bonds. The third-order valence-corrected chi connectivity index (χ3v) is 2.12. The molecule has 1 aromatic carbocycles. The lowest BCUT2D eigenvalue weighted by molar-refractivity contribution is 0.829. The van der Waals surface area contributed by atoms with Crippen LogP contribution in [0.5, 0.6) is 0 Å². The maximum Gasteiger partial charge on any atom is 0.0393 e. The molecule has 0 heterocycles. The second-order valence-corrected chi connectivity index (χ2v) is 3.42. The van der Waals surface area contributed by atoms with Crippen LogP contribution >= 0.6 is 0 Å². The topological polar surface area (TPSA) is 29.3 Å². The molecule has 0 aliphatic heterocycles. The van der Waals surface area contributed by atoms with Crippen LogP contribution in [0.4, 0.5) is 5.69 Å². The van der Waals surface area contributed by atoms with Crippen molar-refractivity contribution >= 4 is 5.69 Å². The van der Waals surface area contributed by atoms with Crippen molar-refractivity contribution in [1.29, 1.82) is 0 Å². The summed E-state index contributed by atoms with van der Waals surface area (Å²) in [5, 5.41) is 0. The van der Waals surface area contributed by atoms with Crippen LogP contribution < -0.4 is 10.6 Å². The van der Waals surface area contributed by atoms with E-state index in [0.29, 0.717) is 0 Å². The lowest BCUT2D eigenvalue weighted by Crippen LogP contribution is -2.11. The second-order valence-electron chi connectivity index (χ2n) is 3.42. The third kappa shape index (κ3) is 2.74. The molecule has 1 rings (SSSR count). The summed E-state index contributed by atoms with van der Waals surface area (Å²) in [5.41, 5.74) is 8.18. The van der Waals surface area contributed by atoms with Crippen LogP contribution in [0.2, 0.25) is 0 Å². The Morgan fingerprint density at radius 3 is 2.54 bits per heavy atom. The van der Waals surface area contributed by atoms with Crippen molar-refractivity contribution in [3.63, 3.8) is 0 Å². The van der Waals surface area contributed by atoms with E-state index in [1.54, 1.807) is 0 Å². The Labute approximate surface area is 80.4 Å². The third-order valence-electron chi connectivity index (χ3n) is 2.12. The average Bonchev–Trinajstić information content (AvgIpc) is 2.15. The Bertz CT molecular complexity index is 256. The Kier molecular flexibility index (Phi) is 3.77. The first-order valence-corrected chi connectivity index (χ1v) is 4.71. The van der Waals surface area contributed by atoms with Gasteiger partial charge in [0.1, 0.15) is 0 Å². The fourth-order valence-corrected chi connectivity index (χ4v) is 1.45. The Hall–Kier alpha value is -1.02. The quantitative estimate of drug-likeness (QED) is 0.759. The largest absolute Gasteiger partial charge is 0.377 e. The minimum absolute atomic E-state index is 0.766. The van der Waals surface area contributed by atoms with Crippen LogP contribution in [0.3, 0.4) is 0 Å². The molecule has 1 aromatic rings. The molecule has 0 atom stereocenters. The predicted octanol–water partition coefficient (Wildman–Crippen LogP) is 1.64. The van der Waals surface area contributed by atoms with Gasteiger partial charge in [-0.2, -0.15) is 0 Å². The number of rotatable bonds is 4. The van der Waals surface area contributed by atoms with Crippen molar-refractivity contribution in [2.24, 2.45) is 5.73 Å². The highest BCUT2D eigenvalue weighted by atomic mass is 15.1. The van der Waals surface area contributed by atoms with E-state index >= 15 is 0 Å². The van der Waals surface area contributed by atoms with E-state index < -0.39 is 0 Å². The number of benzene rings is 1. The summed E-state index contributed by atoms with van der Waals surface area (Å²) < 4.78 is 0. The summed E-state index contributed by atoms with van der Waals surface area (Å²) in [6.07, 6.45) is 2.13. The smallest absolute Gasteiger partial charge is 0.0393 e. The van der Waals surface area contributed by atoms with E-state index in [0.717, 1.165) is 19.4 Å². The first-order chi connectivity index (χ1) is 6.25. The van der Waals surface area contributed by atoms with Crippen molar-refractivity contribution < 1.29 is 0 Å². The minimum atomic E-state index is 0.766. The van der Waals surface area contributed by atoms with Gasteiger partial charge in [0.2, 0.25) is 0 Å². The number of nitrogens with two attached hydrogens (primary N) is 1. The molecule has 0 aromatic heterocycles. The normalized spacial score (nSPS) is 10.1. The van der Waals surface area contributed by atoms with Crippen LogP contribution in [-0.4, -0.2) is 20.6 Å². The maximum absolute atomic E-state index is 5.49. The van der Waals surface area contributed by atoms with Gasteiger partial charge >= 0.3 is 0 Å². The standard InChI is InChI=1S/C11H18N2/c1-13(2)11-8-4-3-6-10(11)7-5-9-12/h3-4,6,8H,5,7,9,12H2,1-2H3. The molecule has 0 bridgehead atoms. The fraction of sp³-hybridized carbons (Fsp3) is 0.455. The first kappa shape index (κ1) is 10.1. The SMILES string of the molecule is CN(C)c1ccccc1CCCN. The highest BCUT2D eigenvalue weighted by Gasteiger charge is 2.01. The van der Waals surface area contributed by atoms with Crippen LogP contribution in [0.15, 0.2) is 24.3 Å². The summed E-state index contributed by atoms with van der Waals surface area (Å²) in [4.78, 5) is 2.14. The maximum atomic E-state index is 5.49. The van der Waals surface area contributed by atoms with E-state index in [-0.39, 0.29) is 0 Å². The Morgan fingerprint density at radius 1 is 1.23 bits per heavy atom. The molecule has 0 fully saturated rings. The van der Waals surface area contributed by atoms with E-state index in [4.69, 9.17) is 5.73 Å². The highest BCUT2D eigenvalue weighted by Crippen LogP contribution is 2.18. The van der Waals surface area contributed by atoms with Crippen molar-refractivity contribution in [3.8, 4) is 0 Å². The predicted molar refractivity (Wildman–Crippen MR) is 58.1 cm³/mol. The summed E-state index contributed by atoms with van der Waals surface area (Å²) in [5.74, 6) is 0. The zero-order chi connectivity index (χ0) is 9.68. The monoisotopic (exact) mass is 178 g/mol. The van der Waals surface area contributed by atoms with E-state index in [2.05, 4.69) is 43.3 Å². The molecule has 0 aliphatic rings. The van der Waals surface area contributed by atoms with Crippen molar-refractivity contribution in [1.82, 2.24) is 0 Å². The van der Waals surface area contributed by atoms with Crippen LogP contribution in [0, 0.1) is 0 Å². The first-order valence-electron chi connectivity index (χ1n) is 4.71. The zero-order valence-electron chi connectivity index (χ0n) is 8.46. The molecule has 0 radical (unpaired) electrons. The minimum Gasteiger partial charge on any atom is -0.377 e. The molecular formula is C11H18N2. The Morgan fingerprint density at radius 2 is 1.92 bits per heavy atom. The molecule has 2 nitrogen and oxygen atoms in total. The van der Waals surface area contributed by atoms with E-state index in [1.807, 2.05) is 0 Å². The zero-order valence-corrected chi connectivity index (χ0v) is 8.46. The number of para-hydroxylation sites is 1. The lowest BCUT2D eigenvalue weighted by atomic mass is 10.1. The molecule has 72 valence electrons. The second kappa shape index (κ2) is 4.87. The summed E-state index contributed by atoms with van der Waals surface area (Å²) in [6.45, 7) is 0.766. The molecule has 0 unspecified atom stereocenters. The molecule has 2 N–H and O–H groups in total. The highest BCUT2D eigenvalue weighted by molar-refractivity contribution is 5.52. The summed E-state index contributed by atoms with van der Waals surface area (Å²) in [6, 6.07) is 8.47. The van der Waals surface area contributed by atoms with Gasteiger partial charge in [-0.1, -0.05) is 18.2 Å². The molecule has 13 heavy (non-hydrogen) atoms. The van der Waals surface area contributed by atoms with Crippen LogP contribution in [0.1, 0.15) is 12.0 Å². The number of aryl methyl sites for hydroxylation is 1. The van der Waals surface area contributed by atoms with Crippen LogP contribution in [-0.2, 0) is 6.42 Å². The number of hydrogen-bond donors (Lipinski definition) is 1. The van der Waals surface area contributed by atoms with E-state index in [9.17, 15) is 0 Å². The lowest BCUT2D eigenvalue weighted by Gasteiger charge is -2.16. The summed E-state index contributed by atoms with van der Waals surface area (Å²) >= 11 is 0. The van der Waals surface area contributed by atoms with Gasteiger partial charge in [0.05, 0.1) is 0 Å². The molecule has 0 aliphatic carbocycles. The summed E-state index contributed by atoms with van der Waals surface area (Å²) in [7, 11) is 4.14. The average molecular weight is 178 g/mol. The van der Waals surface area contributed by atoms with Gasteiger partial charge < -0.3 is 10.6 Å². The van der Waals surface area contributed by atoms with Crippen molar-refractivity contribution in [2.45, 2.75) is 12.8 Å². The number of nitrogens with zero attached hydrogens (tertiary/aromatic N) is 1. The number of anilines is 1. The molecule has 0 spiro atoms. The van der Waals surface area contributed by atoms with Gasteiger partial charge in [0.25, 0.3) is 0 Å². The van der Waals surface area contributed by atoms with Gasteiger partial charge in [-0.05, 0) is 31.0 Å². The van der Waals surface area contributed by atoms with Gasteiger partial charge in [0.15, 0.2) is 0 Å². The fourth-order valence-electron chi connectivity index (χ4n) is 1.45. The van der Waals surface area contributed by atoms with Gasteiger partial charge in [-0.3, -0.25) is 0 Å². The van der Waals surface area contributed by atoms with Gasteiger partial charge in [0, 0.05) is 19.8 Å². The number of hydrogen-bond acceptors (Lipinski definition) is 2. The molecule has 0 saturated carbocycles. The van der Waals surface area contributed by atoms with Gasteiger partial charge in [-0.25, -0.2) is 0 Å². The van der Waals surface area contributed by atoms with Crippen LogP contribution in [0.25, 0.3) is 0 Å². The molecule has 2 heteroatoms. The van der Waals surface area contributed by atoms with Crippen molar-refractivity contribution in [3.05, 3.63) is 29.8 Å². The van der Waals surface area contributed by atoms with E-state index in [1.165, 1.54) is 11.3 Å². The molecule has 0 saturated heterocycles. The van der Waals surface area contributed by atoms with Gasteiger partial charge in [-0.15, -0.1) is 0 Å². The Balaban J connectivity index is 2.78. The molecular weight excluding hydrogens is 160 g/mol.